The van der Waals surface area contributed by atoms with Crippen molar-refractivity contribution in [2.45, 2.75) is 13.8 Å². The maximum absolute atomic E-state index is 14.8. The monoisotopic (exact) mass is 378 g/mol. The van der Waals surface area contributed by atoms with Crippen LogP contribution in [-0.4, -0.2) is 14.1 Å². The Kier molecular flexibility index (Phi) is 4.38. The van der Waals surface area contributed by atoms with Gasteiger partial charge in [-0.2, -0.15) is 0 Å². The molecular weight excluding hydrogens is 358 g/mol. The standard InChI is InChI=1S/C23H20F2N2O/c1-12-8-14-20(10-18(12)26-3)28-21-11-19(27-4)13(2)9-15(21)22(14)23-16(24)6-5-7-17(23)25/h5-11,26H,1-4H3/b27-19-. The summed E-state index contributed by atoms with van der Waals surface area (Å²) in [5.74, 6) is -0.681. The van der Waals surface area contributed by atoms with Gasteiger partial charge in [0.2, 0.25) is 0 Å². The number of rotatable bonds is 2. The van der Waals surface area contributed by atoms with E-state index in [1.807, 2.05) is 45.2 Å². The van der Waals surface area contributed by atoms with Crippen LogP contribution in [0.4, 0.5) is 14.5 Å². The van der Waals surface area contributed by atoms with Crippen molar-refractivity contribution in [2.24, 2.45) is 4.99 Å². The maximum atomic E-state index is 14.8. The summed E-state index contributed by atoms with van der Waals surface area (Å²) < 4.78 is 35.7. The van der Waals surface area contributed by atoms with Gasteiger partial charge in [-0.15, -0.1) is 0 Å². The van der Waals surface area contributed by atoms with Crippen LogP contribution in [0.3, 0.4) is 0 Å². The lowest BCUT2D eigenvalue weighted by Gasteiger charge is -2.18. The van der Waals surface area contributed by atoms with Crippen molar-refractivity contribution in [2.75, 3.05) is 19.4 Å². The topological polar surface area (TPSA) is 37.5 Å². The fourth-order valence-electron chi connectivity index (χ4n) is 3.70. The molecule has 142 valence electrons. The Morgan fingerprint density at radius 1 is 0.929 bits per heavy atom. The summed E-state index contributed by atoms with van der Waals surface area (Å²) in [5.41, 5.74) is 4.39. The molecule has 1 N–H and O–H groups in total. The van der Waals surface area contributed by atoms with Gasteiger partial charge in [-0.05, 0) is 49.2 Å². The molecule has 2 aromatic rings. The number of fused-ring (bicyclic) bond motifs is 2. The van der Waals surface area contributed by atoms with Crippen LogP contribution in [0.25, 0.3) is 33.4 Å². The molecule has 1 heterocycles. The number of halogens is 2. The van der Waals surface area contributed by atoms with Crippen LogP contribution < -0.4 is 10.7 Å². The Morgan fingerprint density at radius 3 is 2.29 bits per heavy atom. The van der Waals surface area contributed by atoms with E-state index in [2.05, 4.69) is 10.3 Å². The Labute approximate surface area is 161 Å². The maximum Gasteiger partial charge on any atom is 0.137 e. The van der Waals surface area contributed by atoms with Crippen LogP contribution in [0.5, 0.6) is 0 Å². The van der Waals surface area contributed by atoms with Crippen molar-refractivity contribution in [3.63, 3.8) is 0 Å². The molecule has 5 heteroatoms. The van der Waals surface area contributed by atoms with Gasteiger partial charge in [0.25, 0.3) is 0 Å². The van der Waals surface area contributed by atoms with Gasteiger partial charge < -0.3 is 9.73 Å². The van der Waals surface area contributed by atoms with Crippen molar-refractivity contribution in [1.82, 2.24) is 0 Å². The van der Waals surface area contributed by atoms with Gasteiger partial charge in [0.1, 0.15) is 23.0 Å². The molecule has 0 spiro atoms. The first kappa shape index (κ1) is 18.2. The summed E-state index contributed by atoms with van der Waals surface area (Å²) in [4.78, 5) is 4.27. The molecule has 3 nitrogen and oxygen atoms in total. The van der Waals surface area contributed by atoms with E-state index >= 15 is 0 Å². The molecule has 0 saturated heterocycles. The zero-order chi connectivity index (χ0) is 20.0. The van der Waals surface area contributed by atoms with E-state index in [0.717, 1.165) is 22.2 Å². The van der Waals surface area contributed by atoms with E-state index in [9.17, 15) is 8.78 Å². The van der Waals surface area contributed by atoms with Gasteiger partial charge in [-0.25, -0.2) is 8.78 Å². The molecule has 4 rings (SSSR count). The molecule has 0 saturated carbocycles. The van der Waals surface area contributed by atoms with Crippen LogP contribution in [-0.2, 0) is 0 Å². The Balaban J connectivity index is 2.27. The number of anilines is 1. The van der Waals surface area contributed by atoms with E-state index in [-0.39, 0.29) is 5.56 Å². The third-order valence-corrected chi connectivity index (χ3v) is 5.11. The third kappa shape index (κ3) is 2.74. The van der Waals surface area contributed by atoms with E-state index in [1.165, 1.54) is 18.2 Å². The minimum Gasteiger partial charge on any atom is -0.456 e. The molecule has 1 aliphatic carbocycles. The Morgan fingerprint density at radius 2 is 1.64 bits per heavy atom. The third-order valence-electron chi connectivity index (χ3n) is 5.11. The van der Waals surface area contributed by atoms with E-state index in [1.54, 1.807) is 7.05 Å². The summed E-state index contributed by atoms with van der Waals surface area (Å²) >= 11 is 0. The highest BCUT2D eigenvalue weighted by Gasteiger charge is 2.23. The molecule has 0 amide bonds. The molecule has 1 aliphatic heterocycles. The summed E-state index contributed by atoms with van der Waals surface area (Å²) in [6.45, 7) is 3.87. The molecule has 2 aliphatic rings. The Hall–Kier alpha value is -3.21. The minimum atomic E-state index is -0.606. The highest BCUT2D eigenvalue weighted by Crippen LogP contribution is 2.43. The summed E-state index contributed by atoms with van der Waals surface area (Å²) in [5, 5.41) is 4.56. The van der Waals surface area contributed by atoms with Crippen molar-refractivity contribution in [1.29, 1.82) is 0 Å². The van der Waals surface area contributed by atoms with Gasteiger partial charge in [-0.1, -0.05) is 6.07 Å². The molecule has 0 fully saturated rings. The quantitative estimate of drug-likeness (QED) is 0.456. The van der Waals surface area contributed by atoms with Crippen LogP contribution in [0.2, 0.25) is 0 Å². The molecule has 0 radical (unpaired) electrons. The lowest BCUT2D eigenvalue weighted by Crippen LogP contribution is -2.08. The SMILES string of the molecule is C/N=c1/cc2oc3cc(NC)c(C)cc3c(-c3c(F)cccc3F)c-2cc1C. The summed E-state index contributed by atoms with van der Waals surface area (Å²) in [6, 6.07) is 11.4. The van der Waals surface area contributed by atoms with Crippen molar-refractivity contribution < 1.29 is 13.2 Å². The lowest BCUT2D eigenvalue weighted by molar-refractivity contribution is 0.588. The second-order valence-electron chi connectivity index (χ2n) is 6.85. The number of hydrogen-bond donors (Lipinski definition) is 1. The average molecular weight is 378 g/mol. The summed E-state index contributed by atoms with van der Waals surface area (Å²) in [7, 11) is 3.53. The summed E-state index contributed by atoms with van der Waals surface area (Å²) in [6.07, 6.45) is 0. The fourth-order valence-corrected chi connectivity index (χ4v) is 3.70. The number of hydrogen-bond acceptors (Lipinski definition) is 3. The van der Waals surface area contributed by atoms with Gasteiger partial charge in [-0.3, -0.25) is 4.99 Å². The number of aryl methyl sites for hydroxylation is 2. The highest BCUT2D eigenvalue weighted by atomic mass is 19.1. The normalized spacial score (nSPS) is 12.1. The van der Waals surface area contributed by atoms with Gasteiger partial charge in [0, 0.05) is 48.4 Å². The molecule has 0 bridgehead atoms. The first-order valence-corrected chi connectivity index (χ1v) is 9.01. The van der Waals surface area contributed by atoms with E-state index < -0.39 is 11.6 Å². The predicted molar refractivity (Wildman–Crippen MR) is 109 cm³/mol. The zero-order valence-electron chi connectivity index (χ0n) is 16.2. The second-order valence-corrected chi connectivity index (χ2v) is 6.85. The molecule has 0 unspecified atom stereocenters. The predicted octanol–water partition coefficient (Wildman–Crippen LogP) is 5.67. The van der Waals surface area contributed by atoms with E-state index in [0.29, 0.717) is 27.9 Å². The van der Waals surface area contributed by atoms with Crippen molar-refractivity contribution in [3.05, 3.63) is 70.6 Å². The fraction of sp³-hybridized carbons (Fsp3) is 0.174. The first-order chi connectivity index (χ1) is 13.4. The zero-order valence-corrected chi connectivity index (χ0v) is 16.2. The molecule has 0 aromatic heterocycles. The smallest absolute Gasteiger partial charge is 0.137 e. The minimum absolute atomic E-state index is 0.0505. The van der Waals surface area contributed by atoms with Gasteiger partial charge in [0.15, 0.2) is 0 Å². The Bertz CT molecular complexity index is 1240. The largest absolute Gasteiger partial charge is 0.456 e. The average Bonchev–Trinajstić information content (AvgIpc) is 2.67. The van der Waals surface area contributed by atoms with Crippen LogP contribution in [0, 0.1) is 25.5 Å². The number of nitrogens with one attached hydrogen (secondary N) is 1. The van der Waals surface area contributed by atoms with Crippen molar-refractivity contribution >= 4 is 16.7 Å². The molecule has 28 heavy (non-hydrogen) atoms. The van der Waals surface area contributed by atoms with Gasteiger partial charge in [0.05, 0.1) is 10.9 Å². The van der Waals surface area contributed by atoms with Gasteiger partial charge >= 0.3 is 0 Å². The number of benzene rings is 3. The molecular formula is C23H20F2N2O. The first-order valence-electron chi connectivity index (χ1n) is 9.01. The number of nitrogens with zero attached hydrogens (tertiary/aromatic N) is 1. The van der Waals surface area contributed by atoms with Crippen molar-refractivity contribution in [3.8, 4) is 22.5 Å². The van der Waals surface area contributed by atoms with Crippen LogP contribution in [0.15, 0.2) is 51.9 Å². The molecule has 0 atom stereocenters. The van der Waals surface area contributed by atoms with Crippen LogP contribution in [0.1, 0.15) is 11.1 Å². The van der Waals surface area contributed by atoms with Crippen LogP contribution >= 0.6 is 0 Å². The second kappa shape index (κ2) is 6.75. The lowest BCUT2D eigenvalue weighted by atomic mass is 9.91. The molecule has 2 aromatic carbocycles. The van der Waals surface area contributed by atoms with E-state index in [4.69, 9.17) is 4.42 Å². The highest BCUT2D eigenvalue weighted by molar-refractivity contribution is 6.03.